The van der Waals surface area contributed by atoms with Crippen LogP contribution in [0.3, 0.4) is 0 Å². The highest BCUT2D eigenvalue weighted by Gasteiger charge is 2.28. The van der Waals surface area contributed by atoms with Crippen molar-refractivity contribution in [3.05, 3.63) is 29.6 Å². The van der Waals surface area contributed by atoms with E-state index in [4.69, 9.17) is 5.73 Å². The van der Waals surface area contributed by atoms with E-state index < -0.39 is 0 Å². The molecule has 0 saturated carbocycles. The Morgan fingerprint density at radius 1 is 1.40 bits per heavy atom. The summed E-state index contributed by atoms with van der Waals surface area (Å²) in [4.78, 5) is 23.4. The molecular weight excluding hydrogens is 256 g/mol. The predicted octanol–water partition coefficient (Wildman–Crippen LogP) is 0.436. The number of amides is 2. The van der Waals surface area contributed by atoms with E-state index in [9.17, 15) is 9.59 Å². The van der Waals surface area contributed by atoms with Gasteiger partial charge in [-0.3, -0.25) is 14.3 Å². The first kappa shape index (κ1) is 14.3. The zero-order chi connectivity index (χ0) is 14.7. The molecule has 2 amide bonds. The van der Waals surface area contributed by atoms with Crippen molar-refractivity contribution in [2.75, 3.05) is 0 Å². The number of carbonyl (C=O) groups excluding carboxylic acids is 2. The smallest absolute Gasteiger partial charge is 0.241 e. The summed E-state index contributed by atoms with van der Waals surface area (Å²) in [5, 5.41) is 7.13. The highest BCUT2D eigenvalue weighted by Crippen LogP contribution is 2.18. The molecule has 0 bridgehead atoms. The fraction of sp³-hybridized carbons (Fsp3) is 0.500. The summed E-state index contributed by atoms with van der Waals surface area (Å²) < 4.78 is 1.66. The van der Waals surface area contributed by atoms with Crippen molar-refractivity contribution >= 4 is 11.8 Å². The molecule has 0 spiro atoms. The Labute approximate surface area is 118 Å². The maximum absolute atomic E-state index is 12.1. The molecule has 0 fully saturated rings. The second kappa shape index (κ2) is 5.90. The number of nitrogens with zero attached hydrogens (tertiary/aromatic N) is 2. The molecule has 1 aliphatic rings. The normalized spacial score (nSPS) is 21.7. The van der Waals surface area contributed by atoms with Crippen LogP contribution in [-0.2, 0) is 16.1 Å². The first-order valence-electron chi connectivity index (χ1n) is 6.72. The van der Waals surface area contributed by atoms with E-state index in [2.05, 4.69) is 10.4 Å². The van der Waals surface area contributed by atoms with E-state index in [1.807, 2.05) is 32.1 Å². The Bertz CT molecular complexity index is 547. The van der Waals surface area contributed by atoms with E-state index in [0.717, 1.165) is 11.4 Å². The number of hydrogen-bond acceptors (Lipinski definition) is 3. The summed E-state index contributed by atoms with van der Waals surface area (Å²) in [6.45, 7) is 3.95. The molecule has 0 saturated heterocycles. The molecule has 1 heterocycles. The lowest BCUT2D eigenvalue weighted by atomic mass is 9.88. The molecule has 6 heteroatoms. The standard InChI is InChI=1S/C14H20N4O2/c1-9-7-10(2)18(17-9)8-13(19)16-12-6-4-3-5-11(12)14(15)20/h3-4,7,11-12H,5-6,8H2,1-2H3,(H2,15,20)(H,16,19)/t11-,12-/m1/s1. The Hall–Kier alpha value is -2.11. The summed E-state index contributed by atoms with van der Waals surface area (Å²) in [7, 11) is 0. The van der Waals surface area contributed by atoms with Crippen molar-refractivity contribution in [3.63, 3.8) is 0 Å². The van der Waals surface area contributed by atoms with Crippen LogP contribution >= 0.6 is 0 Å². The molecule has 2 rings (SSSR count). The quantitative estimate of drug-likeness (QED) is 0.782. The summed E-state index contributed by atoms with van der Waals surface area (Å²) >= 11 is 0. The van der Waals surface area contributed by atoms with Crippen LogP contribution in [0.2, 0.25) is 0 Å². The van der Waals surface area contributed by atoms with Gasteiger partial charge in [0.1, 0.15) is 6.54 Å². The number of nitrogens with one attached hydrogen (secondary N) is 1. The van der Waals surface area contributed by atoms with Gasteiger partial charge < -0.3 is 11.1 Å². The van der Waals surface area contributed by atoms with Crippen molar-refractivity contribution < 1.29 is 9.59 Å². The van der Waals surface area contributed by atoms with Crippen LogP contribution in [0.25, 0.3) is 0 Å². The second-order valence-electron chi connectivity index (χ2n) is 5.21. The van der Waals surface area contributed by atoms with Crippen molar-refractivity contribution in [2.45, 2.75) is 39.3 Å². The molecule has 0 radical (unpaired) electrons. The predicted molar refractivity (Wildman–Crippen MR) is 74.7 cm³/mol. The van der Waals surface area contributed by atoms with Crippen molar-refractivity contribution in [2.24, 2.45) is 11.7 Å². The van der Waals surface area contributed by atoms with E-state index in [1.165, 1.54) is 0 Å². The van der Waals surface area contributed by atoms with Crippen LogP contribution in [-0.4, -0.2) is 27.6 Å². The third-order valence-corrected chi connectivity index (χ3v) is 3.54. The molecule has 0 unspecified atom stereocenters. The van der Waals surface area contributed by atoms with Gasteiger partial charge >= 0.3 is 0 Å². The van der Waals surface area contributed by atoms with E-state index >= 15 is 0 Å². The van der Waals surface area contributed by atoms with Gasteiger partial charge in [0.05, 0.1) is 11.6 Å². The lowest BCUT2D eigenvalue weighted by Gasteiger charge is -2.26. The molecular formula is C14H20N4O2. The lowest BCUT2D eigenvalue weighted by Crippen LogP contribution is -2.47. The molecule has 6 nitrogen and oxygen atoms in total. The van der Waals surface area contributed by atoms with Crippen molar-refractivity contribution in [3.8, 4) is 0 Å². The van der Waals surface area contributed by atoms with Crippen LogP contribution in [0.4, 0.5) is 0 Å². The van der Waals surface area contributed by atoms with Crippen LogP contribution in [0.15, 0.2) is 18.2 Å². The SMILES string of the molecule is Cc1cc(C)n(CC(=O)N[C@@H]2CC=CC[C@H]2C(N)=O)n1. The summed E-state index contributed by atoms with van der Waals surface area (Å²) in [5.41, 5.74) is 7.19. The van der Waals surface area contributed by atoms with E-state index in [0.29, 0.717) is 12.8 Å². The molecule has 1 aliphatic carbocycles. The summed E-state index contributed by atoms with van der Waals surface area (Å²) in [5.74, 6) is -0.849. The number of nitrogens with two attached hydrogens (primary N) is 1. The zero-order valence-electron chi connectivity index (χ0n) is 11.8. The van der Waals surface area contributed by atoms with Crippen LogP contribution in [0.1, 0.15) is 24.2 Å². The van der Waals surface area contributed by atoms with Gasteiger partial charge in [0, 0.05) is 11.7 Å². The zero-order valence-corrected chi connectivity index (χ0v) is 11.8. The molecule has 3 N–H and O–H groups in total. The van der Waals surface area contributed by atoms with E-state index in [-0.39, 0.29) is 30.3 Å². The summed E-state index contributed by atoms with van der Waals surface area (Å²) in [6, 6.07) is 1.70. The monoisotopic (exact) mass is 276 g/mol. The first-order chi connectivity index (χ1) is 9.47. The Balaban J connectivity index is 1.98. The maximum atomic E-state index is 12.1. The number of carbonyl (C=O) groups is 2. The third-order valence-electron chi connectivity index (χ3n) is 3.54. The first-order valence-corrected chi connectivity index (χ1v) is 6.72. The Morgan fingerprint density at radius 3 is 2.70 bits per heavy atom. The second-order valence-corrected chi connectivity index (χ2v) is 5.21. The minimum Gasteiger partial charge on any atom is -0.369 e. The molecule has 2 atom stereocenters. The fourth-order valence-corrected chi connectivity index (χ4v) is 2.51. The Morgan fingerprint density at radius 2 is 2.10 bits per heavy atom. The average molecular weight is 276 g/mol. The minimum absolute atomic E-state index is 0.150. The van der Waals surface area contributed by atoms with Gasteiger partial charge in [0.25, 0.3) is 0 Å². The van der Waals surface area contributed by atoms with Gasteiger partial charge in [0.2, 0.25) is 11.8 Å². The fourth-order valence-electron chi connectivity index (χ4n) is 2.51. The van der Waals surface area contributed by atoms with Crippen LogP contribution < -0.4 is 11.1 Å². The van der Waals surface area contributed by atoms with Gasteiger partial charge in [-0.15, -0.1) is 0 Å². The number of primary amides is 1. The van der Waals surface area contributed by atoms with Gasteiger partial charge in [-0.05, 0) is 32.8 Å². The number of rotatable bonds is 4. The Kier molecular flexibility index (Phi) is 4.22. The number of hydrogen-bond donors (Lipinski definition) is 2. The molecule has 1 aromatic rings. The maximum Gasteiger partial charge on any atom is 0.241 e. The average Bonchev–Trinajstić information content (AvgIpc) is 2.68. The van der Waals surface area contributed by atoms with Crippen LogP contribution in [0.5, 0.6) is 0 Å². The van der Waals surface area contributed by atoms with Gasteiger partial charge in [0.15, 0.2) is 0 Å². The van der Waals surface area contributed by atoms with Crippen LogP contribution in [0, 0.1) is 19.8 Å². The molecule has 0 aromatic carbocycles. The molecule has 20 heavy (non-hydrogen) atoms. The third kappa shape index (κ3) is 3.26. The lowest BCUT2D eigenvalue weighted by molar-refractivity contribution is -0.125. The molecule has 0 aliphatic heterocycles. The van der Waals surface area contributed by atoms with Gasteiger partial charge in [-0.25, -0.2) is 0 Å². The topological polar surface area (TPSA) is 90.0 Å². The van der Waals surface area contributed by atoms with Gasteiger partial charge in [-0.2, -0.15) is 5.10 Å². The van der Waals surface area contributed by atoms with Crippen molar-refractivity contribution in [1.29, 1.82) is 0 Å². The highest BCUT2D eigenvalue weighted by molar-refractivity contribution is 5.80. The van der Waals surface area contributed by atoms with E-state index in [1.54, 1.807) is 4.68 Å². The largest absolute Gasteiger partial charge is 0.369 e. The molecule has 1 aromatic heterocycles. The van der Waals surface area contributed by atoms with Gasteiger partial charge in [-0.1, -0.05) is 12.2 Å². The number of allylic oxidation sites excluding steroid dienone is 1. The number of aromatic nitrogens is 2. The minimum atomic E-state index is -0.370. The summed E-state index contributed by atoms with van der Waals surface area (Å²) in [6.07, 6.45) is 5.11. The number of aryl methyl sites for hydroxylation is 2. The highest BCUT2D eigenvalue weighted by atomic mass is 16.2. The van der Waals surface area contributed by atoms with Crippen molar-refractivity contribution in [1.82, 2.24) is 15.1 Å². The molecule has 108 valence electrons.